The molecule has 0 aliphatic heterocycles. The number of nitrogens with two attached hydrogens (primary N) is 2. The lowest BCUT2D eigenvalue weighted by Gasteiger charge is -2.02. The van der Waals surface area contributed by atoms with Crippen LogP contribution in [0.15, 0.2) is 60.8 Å². The Kier molecular flexibility index (Phi) is 13.8. The van der Waals surface area contributed by atoms with Gasteiger partial charge in [0.15, 0.2) is 0 Å². The van der Waals surface area contributed by atoms with E-state index >= 15 is 0 Å². The van der Waals surface area contributed by atoms with Gasteiger partial charge in [0.25, 0.3) is 0 Å². The summed E-state index contributed by atoms with van der Waals surface area (Å²) in [5.41, 5.74) is 9.52. The minimum atomic E-state index is 0. The van der Waals surface area contributed by atoms with Crippen LogP contribution >= 0.6 is 58.8 Å². The highest BCUT2D eigenvalue weighted by Crippen LogP contribution is 2.25. The van der Waals surface area contributed by atoms with E-state index in [9.17, 15) is 0 Å². The Hall–Kier alpha value is -2.11. The molecule has 0 saturated heterocycles. The van der Waals surface area contributed by atoms with Crippen LogP contribution < -0.4 is 17.0 Å². The number of nitrogen functional groups attached to an aromatic ring is 2. The zero-order chi connectivity index (χ0) is 21.8. The van der Waals surface area contributed by atoms with E-state index in [0.29, 0.717) is 25.9 Å². The number of rotatable bonds is 2. The highest BCUT2D eigenvalue weighted by molar-refractivity contribution is 6.42. The van der Waals surface area contributed by atoms with Gasteiger partial charge in [-0.2, -0.15) is 10.4 Å². The first-order valence-electron chi connectivity index (χ1n) is 8.01. The molecule has 1 heterocycles. The average Bonchev–Trinajstić information content (AvgIpc) is 3.14. The fourth-order valence-electron chi connectivity index (χ4n) is 1.77. The second kappa shape index (κ2) is 14.8. The lowest BCUT2D eigenvalue weighted by molar-refractivity contribution is 0.886. The molecular formula is C19H19Cl5N6. The maximum Gasteiger partial charge on any atom is 0.145 e. The van der Waals surface area contributed by atoms with Crippen molar-refractivity contribution in [2.45, 2.75) is 6.92 Å². The molecule has 0 radical (unpaired) electrons. The van der Waals surface area contributed by atoms with Crippen LogP contribution in [0.5, 0.6) is 0 Å². The van der Waals surface area contributed by atoms with Crippen molar-refractivity contribution >= 4 is 70.3 Å². The maximum atomic E-state index is 7.73. The van der Waals surface area contributed by atoms with E-state index in [1.807, 2.05) is 19.1 Å². The zero-order valence-electron chi connectivity index (χ0n) is 15.7. The fourth-order valence-corrected chi connectivity index (χ4v) is 2.36. The molecule has 0 saturated carbocycles. The second-order valence-corrected chi connectivity index (χ2v) is 6.81. The number of allylic oxidation sites excluding steroid dienone is 2. The van der Waals surface area contributed by atoms with E-state index in [-0.39, 0.29) is 12.4 Å². The van der Waals surface area contributed by atoms with Crippen molar-refractivity contribution < 1.29 is 0 Å². The smallest absolute Gasteiger partial charge is 0.145 e. The lowest BCUT2D eigenvalue weighted by atomic mass is 10.3. The molecular weight excluding hydrogens is 490 g/mol. The van der Waals surface area contributed by atoms with Gasteiger partial charge in [0.2, 0.25) is 0 Å². The Bertz CT molecular complexity index is 997. The molecule has 160 valence electrons. The largest absolute Gasteiger partial charge is 0.382 e. The Morgan fingerprint density at radius 1 is 1.00 bits per heavy atom. The molecule has 11 heteroatoms. The minimum Gasteiger partial charge on any atom is -0.382 e. The van der Waals surface area contributed by atoms with Gasteiger partial charge in [-0.05, 0) is 43.3 Å². The van der Waals surface area contributed by atoms with Crippen LogP contribution in [0.25, 0.3) is 5.69 Å². The summed E-state index contributed by atoms with van der Waals surface area (Å²) < 4.78 is 1.64. The Balaban J connectivity index is 0.000000463. The van der Waals surface area contributed by atoms with Crippen molar-refractivity contribution in [3.05, 3.63) is 80.9 Å². The molecule has 0 unspecified atom stereocenters. The first-order chi connectivity index (χ1) is 13.8. The number of benzene rings is 2. The van der Waals surface area contributed by atoms with Crippen LogP contribution in [0.4, 0.5) is 11.5 Å². The molecule has 6 nitrogen and oxygen atoms in total. The van der Waals surface area contributed by atoms with Crippen molar-refractivity contribution in [2.24, 2.45) is 5.84 Å². The highest BCUT2D eigenvalue weighted by Gasteiger charge is 2.02. The van der Waals surface area contributed by atoms with Crippen LogP contribution in [-0.2, 0) is 0 Å². The molecule has 2 aromatic carbocycles. The van der Waals surface area contributed by atoms with Gasteiger partial charge in [0.1, 0.15) is 5.82 Å². The summed E-state index contributed by atoms with van der Waals surface area (Å²) in [6.07, 6.45) is 4.88. The number of anilines is 2. The van der Waals surface area contributed by atoms with Gasteiger partial charge in [-0.1, -0.05) is 52.5 Å². The molecule has 0 fully saturated rings. The molecule has 0 aliphatic carbocycles. The summed E-state index contributed by atoms with van der Waals surface area (Å²) in [7, 11) is 0. The summed E-state index contributed by atoms with van der Waals surface area (Å²) in [4.78, 5) is 0. The molecule has 0 amide bonds. The minimum absolute atomic E-state index is 0. The topological polar surface area (TPSA) is 106 Å². The molecule has 0 spiro atoms. The average molecular weight is 509 g/mol. The first kappa shape index (κ1) is 27.9. The van der Waals surface area contributed by atoms with Gasteiger partial charge < -0.3 is 11.2 Å². The van der Waals surface area contributed by atoms with Gasteiger partial charge >= 0.3 is 0 Å². The molecule has 0 aliphatic rings. The van der Waals surface area contributed by atoms with E-state index in [1.165, 1.54) is 6.08 Å². The molecule has 1 aromatic heterocycles. The number of nitriles is 1. The quantitative estimate of drug-likeness (QED) is 0.207. The van der Waals surface area contributed by atoms with Crippen molar-refractivity contribution in [1.29, 1.82) is 5.26 Å². The Morgan fingerprint density at radius 3 is 2.00 bits per heavy atom. The summed E-state index contributed by atoms with van der Waals surface area (Å²) in [6, 6.07) is 13.9. The monoisotopic (exact) mass is 506 g/mol. The van der Waals surface area contributed by atoms with Crippen LogP contribution in [-0.4, -0.2) is 9.78 Å². The third-order valence-electron chi connectivity index (χ3n) is 3.10. The van der Waals surface area contributed by atoms with Crippen LogP contribution in [0.2, 0.25) is 20.1 Å². The Morgan fingerprint density at radius 2 is 1.60 bits per heavy atom. The van der Waals surface area contributed by atoms with Crippen molar-refractivity contribution in [2.75, 3.05) is 11.2 Å². The standard InChI is InChI=1S/C9H7Cl2N3.C6H6Cl2N2.C4H5N.ClH/c10-7-2-1-6(5-8(7)11)14-4-3-9(12)13-14;7-5-2-1-4(10-9)3-6(5)8;1-2-3-4-5;/h1-5H,(H2,12,13);1-3,10H,9H2;2-3H,1H3;1H. The number of halogens is 5. The number of aromatic nitrogens is 2. The second-order valence-electron chi connectivity index (χ2n) is 5.19. The number of nitrogens with one attached hydrogen (secondary N) is 1. The number of hydrogen-bond donors (Lipinski definition) is 3. The summed E-state index contributed by atoms with van der Waals surface area (Å²) in [5, 5.41) is 13.8. The SMILES string of the molecule is CC=CC#N.Cl.NNc1ccc(Cl)c(Cl)c1.Nc1ccn(-c2ccc(Cl)c(Cl)c2)n1. The highest BCUT2D eigenvalue weighted by atomic mass is 35.5. The third-order valence-corrected chi connectivity index (χ3v) is 4.58. The number of nitrogens with zero attached hydrogens (tertiary/aromatic N) is 3. The predicted octanol–water partition coefficient (Wildman–Crippen LogP) is 6.55. The van der Waals surface area contributed by atoms with Gasteiger partial charge in [0, 0.05) is 18.3 Å². The van der Waals surface area contributed by atoms with Gasteiger partial charge in [-0.25, -0.2) is 4.68 Å². The molecule has 5 N–H and O–H groups in total. The zero-order valence-corrected chi connectivity index (χ0v) is 19.5. The number of hydrazine groups is 1. The summed E-state index contributed by atoms with van der Waals surface area (Å²) >= 11 is 23.0. The van der Waals surface area contributed by atoms with E-state index in [0.717, 1.165) is 11.4 Å². The van der Waals surface area contributed by atoms with Crippen LogP contribution in [0.1, 0.15) is 6.92 Å². The normalized spacial score (nSPS) is 9.37. The van der Waals surface area contributed by atoms with E-state index < -0.39 is 0 Å². The molecule has 3 rings (SSSR count). The van der Waals surface area contributed by atoms with E-state index in [2.05, 4.69) is 10.5 Å². The predicted molar refractivity (Wildman–Crippen MR) is 130 cm³/mol. The molecule has 30 heavy (non-hydrogen) atoms. The van der Waals surface area contributed by atoms with Crippen LogP contribution in [0.3, 0.4) is 0 Å². The maximum absolute atomic E-state index is 7.73. The van der Waals surface area contributed by atoms with Crippen molar-refractivity contribution in [3.8, 4) is 11.8 Å². The van der Waals surface area contributed by atoms with Crippen LogP contribution in [0, 0.1) is 11.3 Å². The van der Waals surface area contributed by atoms with Gasteiger partial charge in [-0.15, -0.1) is 12.4 Å². The molecule has 3 aromatic rings. The molecule has 0 atom stereocenters. The first-order valence-corrected chi connectivity index (χ1v) is 9.52. The van der Waals surface area contributed by atoms with E-state index in [4.69, 9.17) is 63.2 Å². The summed E-state index contributed by atoms with van der Waals surface area (Å²) in [5.74, 6) is 5.59. The lowest BCUT2D eigenvalue weighted by Crippen LogP contribution is -2.06. The summed E-state index contributed by atoms with van der Waals surface area (Å²) in [6.45, 7) is 1.81. The molecule has 0 bridgehead atoms. The third kappa shape index (κ3) is 9.59. The van der Waals surface area contributed by atoms with Crippen molar-refractivity contribution in [1.82, 2.24) is 9.78 Å². The number of hydrogen-bond acceptors (Lipinski definition) is 5. The van der Waals surface area contributed by atoms with Gasteiger partial charge in [0.05, 0.1) is 37.5 Å². The van der Waals surface area contributed by atoms with E-state index in [1.54, 1.807) is 53.4 Å². The fraction of sp³-hybridized carbons (Fsp3) is 0.0526. The Labute approximate surface area is 201 Å². The van der Waals surface area contributed by atoms with Crippen molar-refractivity contribution in [3.63, 3.8) is 0 Å². The van der Waals surface area contributed by atoms with Gasteiger partial charge in [-0.3, -0.25) is 5.84 Å².